The van der Waals surface area contributed by atoms with Crippen molar-refractivity contribution in [3.05, 3.63) is 46.3 Å². The normalized spacial score (nSPS) is 18.7. The molecule has 1 fully saturated rings. The van der Waals surface area contributed by atoms with Gasteiger partial charge in [-0.25, -0.2) is 4.68 Å². The summed E-state index contributed by atoms with van der Waals surface area (Å²) in [6.07, 6.45) is -1.83. The highest BCUT2D eigenvalue weighted by Gasteiger charge is 2.52. The van der Waals surface area contributed by atoms with E-state index in [2.05, 4.69) is 5.10 Å². The molecule has 11 heteroatoms. The summed E-state index contributed by atoms with van der Waals surface area (Å²) in [5.41, 5.74) is -2.55. The zero-order valence-corrected chi connectivity index (χ0v) is 15.1. The van der Waals surface area contributed by atoms with Gasteiger partial charge in [-0.1, -0.05) is 0 Å². The molecule has 0 spiro atoms. The largest absolute Gasteiger partial charge is 0.498 e. The van der Waals surface area contributed by atoms with Crippen LogP contribution >= 0.6 is 0 Å². The van der Waals surface area contributed by atoms with E-state index in [9.17, 15) is 23.3 Å². The van der Waals surface area contributed by atoms with E-state index in [0.29, 0.717) is 11.5 Å². The molecule has 1 saturated heterocycles. The van der Waals surface area contributed by atoms with Crippen LogP contribution in [0.15, 0.2) is 30.6 Å². The smallest absolute Gasteiger partial charge is 0.399 e. The first-order valence-electron chi connectivity index (χ1n) is 8.08. The van der Waals surface area contributed by atoms with Crippen molar-refractivity contribution in [1.29, 1.82) is 0 Å². The molecular formula is C16H17BF3N3O4. The minimum absolute atomic E-state index is 0.0873. The first-order chi connectivity index (χ1) is 12.3. The van der Waals surface area contributed by atoms with E-state index in [-0.39, 0.29) is 5.69 Å². The summed E-state index contributed by atoms with van der Waals surface area (Å²) in [5, 5.41) is 15.3. The van der Waals surface area contributed by atoms with Gasteiger partial charge in [0.05, 0.1) is 21.7 Å². The van der Waals surface area contributed by atoms with Crippen molar-refractivity contribution in [3.63, 3.8) is 0 Å². The second-order valence-corrected chi connectivity index (χ2v) is 7.26. The lowest BCUT2D eigenvalue weighted by atomic mass is 9.82. The Morgan fingerprint density at radius 1 is 1.19 bits per heavy atom. The number of aromatic nitrogens is 2. The lowest BCUT2D eigenvalue weighted by Gasteiger charge is -2.32. The number of nitrogens with zero attached hydrogens (tertiary/aromatic N) is 3. The Kier molecular flexibility index (Phi) is 4.35. The van der Waals surface area contributed by atoms with Gasteiger partial charge < -0.3 is 9.31 Å². The highest BCUT2D eigenvalue weighted by molar-refractivity contribution is 6.62. The number of halogens is 3. The average Bonchev–Trinajstić information content (AvgIpc) is 3.09. The molecule has 2 aromatic rings. The van der Waals surface area contributed by atoms with Gasteiger partial charge in [0, 0.05) is 23.9 Å². The maximum atomic E-state index is 12.8. The van der Waals surface area contributed by atoms with E-state index < -0.39 is 40.7 Å². The molecule has 2 heterocycles. The Hall–Kier alpha value is -2.40. The summed E-state index contributed by atoms with van der Waals surface area (Å²) >= 11 is 0. The maximum absolute atomic E-state index is 12.8. The Labute approximate surface area is 153 Å². The van der Waals surface area contributed by atoms with Gasteiger partial charge in [0.15, 0.2) is 0 Å². The molecule has 0 bridgehead atoms. The maximum Gasteiger partial charge on any atom is 0.498 e. The molecule has 0 amide bonds. The second kappa shape index (κ2) is 6.06. The molecule has 1 aromatic carbocycles. The summed E-state index contributed by atoms with van der Waals surface area (Å²) in [6, 6.07) is 2.28. The van der Waals surface area contributed by atoms with Crippen LogP contribution < -0.4 is 5.46 Å². The van der Waals surface area contributed by atoms with E-state index in [4.69, 9.17) is 9.31 Å². The first kappa shape index (κ1) is 19.4. The van der Waals surface area contributed by atoms with Crippen molar-refractivity contribution < 1.29 is 27.4 Å². The number of alkyl halides is 3. The molecular weight excluding hydrogens is 366 g/mol. The summed E-state index contributed by atoms with van der Waals surface area (Å²) in [6.45, 7) is 7.49. The Bertz CT molecular complexity index is 879. The minimum Gasteiger partial charge on any atom is -0.399 e. The third-order valence-corrected chi connectivity index (χ3v) is 4.87. The fourth-order valence-electron chi connectivity index (χ4n) is 2.61. The van der Waals surface area contributed by atoms with Crippen LogP contribution in [0.4, 0.5) is 18.9 Å². The molecule has 27 heavy (non-hydrogen) atoms. The number of benzene rings is 1. The van der Waals surface area contributed by atoms with Crippen LogP contribution in [0.5, 0.6) is 0 Å². The predicted octanol–water partition coefficient (Wildman–Crippen LogP) is 3.10. The number of hydrogen-bond acceptors (Lipinski definition) is 5. The molecule has 1 aliphatic heterocycles. The van der Waals surface area contributed by atoms with Crippen LogP contribution in [-0.4, -0.2) is 33.0 Å². The summed E-state index contributed by atoms with van der Waals surface area (Å²) in [4.78, 5) is 10.4. The van der Waals surface area contributed by atoms with E-state index in [1.54, 1.807) is 0 Å². The highest BCUT2D eigenvalue weighted by Crippen LogP contribution is 2.37. The number of hydrogen-bond donors (Lipinski definition) is 0. The number of nitro benzene ring substituents is 1. The van der Waals surface area contributed by atoms with Crippen LogP contribution in [0.1, 0.15) is 33.3 Å². The molecule has 0 radical (unpaired) electrons. The Balaban J connectivity index is 1.97. The van der Waals surface area contributed by atoms with E-state index in [1.165, 1.54) is 12.4 Å². The molecule has 0 atom stereocenters. The van der Waals surface area contributed by atoms with Crippen molar-refractivity contribution >= 4 is 18.3 Å². The quantitative estimate of drug-likeness (QED) is 0.462. The molecule has 1 aliphatic rings. The summed E-state index contributed by atoms with van der Waals surface area (Å²) < 4.78 is 51.4. The Morgan fingerprint density at radius 2 is 1.78 bits per heavy atom. The van der Waals surface area contributed by atoms with Gasteiger partial charge >= 0.3 is 13.3 Å². The molecule has 1 aromatic heterocycles. The summed E-state index contributed by atoms with van der Waals surface area (Å²) in [5.74, 6) is 0. The number of rotatable bonds is 3. The van der Waals surface area contributed by atoms with Crippen molar-refractivity contribution in [1.82, 2.24) is 9.78 Å². The average molecular weight is 383 g/mol. The molecule has 0 saturated carbocycles. The van der Waals surface area contributed by atoms with Gasteiger partial charge in [-0.2, -0.15) is 18.3 Å². The third-order valence-electron chi connectivity index (χ3n) is 4.87. The monoisotopic (exact) mass is 383 g/mol. The van der Waals surface area contributed by atoms with Gasteiger partial charge in [-0.15, -0.1) is 0 Å². The number of nitro groups is 1. The van der Waals surface area contributed by atoms with Gasteiger partial charge in [0.25, 0.3) is 5.69 Å². The first-order valence-corrected chi connectivity index (χ1v) is 8.08. The van der Waals surface area contributed by atoms with E-state index in [1.807, 2.05) is 27.7 Å². The van der Waals surface area contributed by atoms with Gasteiger partial charge in [0.2, 0.25) is 0 Å². The fourth-order valence-corrected chi connectivity index (χ4v) is 2.61. The van der Waals surface area contributed by atoms with Gasteiger partial charge in [-0.05, 0) is 39.8 Å². The van der Waals surface area contributed by atoms with Crippen molar-refractivity contribution in [2.45, 2.75) is 45.1 Å². The lowest BCUT2D eigenvalue weighted by Crippen LogP contribution is -2.41. The third kappa shape index (κ3) is 3.44. The lowest BCUT2D eigenvalue weighted by molar-refractivity contribution is -0.384. The van der Waals surface area contributed by atoms with Crippen LogP contribution in [0.2, 0.25) is 0 Å². The van der Waals surface area contributed by atoms with Crippen molar-refractivity contribution in [2.75, 3.05) is 0 Å². The van der Waals surface area contributed by atoms with Crippen LogP contribution in [0.3, 0.4) is 0 Å². The SMILES string of the molecule is CC1(C)OB(c2cnn(-c3ccc(C(F)(F)F)cc3[N+](=O)[O-])c2)OC1(C)C. The van der Waals surface area contributed by atoms with Crippen LogP contribution in [0.25, 0.3) is 5.69 Å². The van der Waals surface area contributed by atoms with Crippen molar-refractivity contribution in [2.24, 2.45) is 0 Å². The van der Waals surface area contributed by atoms with Crippen LogP contribution in [0, 0.1) is 10.1 Å². The minimum atomic E-state index is -4.68. The van der Waals surface area contributed by atoms with Crippen molar-refractivity contribution in [3.8, 4) is 5.69 Å². The van der Waals surface area contributed by atoms with Crippen LogP contribution in [-0.2, 0) is 15.5 Å². The zero-order chi connectivity index (χ0) is 20.2. The molecule has 0 N–H and O–H groups in total. The summed E-state index contributed by atoms with van der Waals surface area (Å²) in [7, 11) is -0.739. The van der Waals surface area contributed by atoms with Gasteiger partial charge in [0.1, 0.15) is 5.69 Å². The molecule has 0 unspecified atom stereocenters. The van der Waals surface area contributed by atoms with Gasteiger partial charge in [-0.3, -0.25) is 10.1 Å². The topological polar surface area (TPSA) is 79.4 Å². The molecule has 3 rings (SSSR count). The zero-order valence-electron chi connectivity index (χ0n) is 15.1. The Morgan fingerprint density at radius 3 is 2.30 bits per heavy atom. The standard InChI is InChI=1S/C16H17BF3N3O4/c1-14(2)15(3,4)27-17(26-14)11-8-21-22(9-11)12-6-5-10(16(18,19)20)7-13(12)23(24)25/h5-9H,1-4H3. The predicted molar refractivity (Wildman–Crippen MR) is 90.9 cm³/mol. The molecule has 7 nitrogen and oxygen atoms in total. The van der Waals surface area contributed by atoms with E-state index in [0.717, 1.165) is 16.8 Å². The molecule has 144 valence electrons. The fraction of sp³-hybridized carbons (Fsp3) is 0.438. The highest BCUT2D eigenvalue weighted by atomic mass is 19.4. The van der Waals surface area contributed by atoms with E-state index >= 15 is 0 Å². The second-order valence-electron chi connectivity index (χ2n) is 7.26. The molecule has 0 aliphatic carbocycles.